The van der Waals surface area contributed by atoms with E-state index >= 15 is 0 Å². The van der Waals surface area contributed by atoms with Crippen LogP contribution in [0.4, 0.5) is 0 Å². The van der Waals surface area contributed by atoms with Crippen LogP contribution in [0.1, 0.15) is 0 Å². The van der Waals surface area contributed by atoms with Crippen LogP contribution in [0.25, 0.3) is 0 Å². The minimum absolute atomic E-state index is 0.580. The number of hydrogen-bond acceptors (Lipinski definition) is 4. The predicted molar refractivity (Wildman–Crippen MR) is 38.1 cm³/mol. The number of phosphoric ester groups is 1. The zero-order valence-corrected chi connectivity index (χ0v) is 10.3. The Hall–Kier alpha value is 0.850. The maximum absolute atomic E-state index is 11.1. The van der Waals surface area contributed by atoms with Crippen molar-refractivity contribution in [3.05, 3.63) is 11.8 Å². The van der Waals surface area contributed by atoms with Gasteiger partial charge < -0.3 is 0 Å². The second-order valence-electron chi connectivity index (χ2n) is 2.66. The molecule has 58 valence electrons. The van der Waals surface area contributed by atoms with E-state index in [0.717, 1.165) is 4.18 Å². The van der Waals surface area contributed by atoms with Gasteiger partial charge in [0.05, 0.1) is 0 Å². The number of allylic oxidation sites excluding steroid dienone is 1. The van der Waals surface area contributed by atoms with Gasteiger partial charge in [0.1, 0.15) is 0 Å². The molecule has 4 nitrogen and oxygen atoms in total. The summed E-state index contributed by atoms with van der Waals surface area (Å²) in [6.07, 6.45) is 1.85. The first kappa shape index (κ1) is 7.27. The Morgan fingerprint density at radius 3 is 3.09 bits per heavy atom. The molecule has 7 heteroatoms. The predicted octanol–water partition coefficient (Wildman–Crippen LogP) is 1.53. The molecular formula is C4H3ClInO4P. The molecule has 2 bridgehead atoms. The molecule has 1 spiro atoms. The van der Waals surface area contributed by atoms with Crippen LogP contribution in [0.15, 0.2) is 11.8 Å². The van der Waals surface area contributed by atoms with E-state index in [0.29, 0.717) is 5.76 Å². The molecule has 0 unspecified atom stereocenters. The third kappa shape index (κ3) is 0.700. The quantitative estimate of drug-likeness (QED) is 0.636. The van der Waals surface area contributed by atoms with E-state index in [-0.39, 0.29) is 0 Å². The normalized spacial score (nSPS) is 51.4. The van der Waals surface area contributed by atoms with Crippen LogP contribution >= 0.6 is 16.4 Å². The molecule has 0 amide bonds. The van der Waals surface area contributed by atoms with Gasteiger partial charge in [-0.1, -0.05) is 0 Å². The van der Waals surface area contributed by atoms with E-state index in [1.165, 1.54) is 0 Å². The molecule has 0 aromatic carbocycles. The summed E-state index contributed by atoms with van der Waals surface area (Å²) in [4.78, 5) is 0. The fraction of sp³-hybridized carbons (Fsp3) is 0.500. The second kappa shape index (κ2) is 1.85. The number of hydrogen-bond donors (Lipinski definition) is 0. The summed E-state index contributed by atoms with van der Waals surface area (Å²) in [5.41, 5.74) is 0. The van der Waals surface area contributed by atoms with Crippen LogP contribution in [0.2, 0.25) is 4.18 Å². The Bertz CT molecular complexity index is 305. The molecule has 0 radical (unpaired) electrons. The van der Waals surface area contributed by atoms with Crippen LogP contribution in [0.5, 0.6) is 0 Å². The summed E-state index contributed by atoms with van der Waals surface area (Å²) in [5, 5.41) is 0. The van der Waals surface area contributed by atoms with Gasteiger partial charge in [0.15, 0.2) is 0 Å². The van der Waals surface area contributed by atoms with Crippen LogP contribution in [0, 0.1) is 0 Å². The van der Waals surface area contributed by atoms with Crippen molar-refractivity contribution >= 4 is 36.7 Å². The average Bonchev–Trinajstić information content (AvgIpc) is 2.37. The van der Waals surface area contributed by atoms with Crippen molar-refractivity contribution in [2.75, 3.05) is 0 Å². The SMILES string of the molecule is O=P12OC3=C[CH2][In]([Cl])[C]3(O1)O2. The third-order valence-electron chi connectivity index (χ3n) is 1.97. The number of phosphoric acid groups is 1. The van der Waals surface area contributed by atoms with E-state index < -0.39 is 31.6 Å². The standard InChI is InChI=1S/C4H3O4P.ClH.In/c1-2-3-4-7-9(5,6-3)8-4;;/h2H,1H2;1H;/q;;+1/p-1. The van der Waals surface area contributed by atoms with Gasteiger partial charge in [-0.25, -0.2) is 0 Å². The summed E-state index contributed by atoms with van der Waals surface area (Å²) in [6.45, 7) is 0. The van der Waals surface area contributed by atoms with Gasteiger partial charge >= 0.3 is 74.3 Å². The van der Waals surface area contributed by atoms with Gasteiger partial charge in [-0.2, -0.15) is 0 Å². The molecule has 4 aliphatic rings. The monoisotopic (exact) mass is 296 g/mol. The summed E-state index contributed by atoms with van der Waals surface area (Å²) < 4.78 is 26.2. The van der Waals surface area contributed by atoms with Crippen molar-refractivity contribution in [3.8, 4) is 0 Å². The van der Waals surface area contributed by atoms with Crippen LogP contribution in [-0.4, -0.2) is 23.8 Å². The summed E-state index contributed by atoms with van der Waals surface area (Å²) in [6, 6.07) is 0. The van der Waals surface area contributed by atoms with Gasteiger partial charge in [0.25, 0.3) is 0 Å². The molecule has 3 saturated heterocycles. The van der Waals surface area contributed by atoms with Gasteiger partial charge in [-0.05, 0) is 0 Å². The first-order valence-electron chi connectivity index (χ1n) is 3.20. The molecule has 0 aliphatic carbocycles. The number of halogens is 1. The van der Waals surface area contributed by atoms with Crippen molar-refractivity contribution in [3.63, 3.8) is 0 Å². The molecular weight excluding hydrogens is 293 g/mol. The van der Waals surface area contributed by atoms with Gasteiger partial charge in [-0.3, -0.25) is 0 Å². The van der Waals surface area contributed by atoms with Crippen LogP contribution in [-0.2, 0) is 18.1 Å². The van der Waals surface area contributed by atoms with E-state index in [4.69, 9.17) is 22.1 Å². The van der Waals surface area contributed by atoms with E-state index in [9.17, 15) is 4.57 Å². The Kier molecular flexibility index (Phi) is 1.22. The van der Waals surface area contributed by atoms with Gasteiger partial charge in [0.2, 0.25) is 0 Å². The average molecular weight is 296 g/mol. The van der Waals surface area contributed by atoms with Gasteiger partial charge in [-0.15, -0.1) is 0 Å². The molecule has 4 aliphatic heterocycles. The molecule has 4 rings (SSSR count). The van der Waals surface area contributed by atoms with Crippen molar-refractivity contribution in [2.45, 2.75) is 7.72 Å². The van der Waals surface area contributed by atoms with Crippen molar-refractivity contribution in [1.82, 2.24) is 0 Å². The Balaban J connectivity index is 2.14. The Labute approximate surface area is 74.2 Å². The Morgan fingerprint density at radius 1 is 1.73 bits per heavy atom. The third-order valence-corrected chi connectivity index (χ3v) is 13.3. The van der Waals surface area contributed by atoms with E-state index in [1.54, 1.807) is 0 Å². The zero-order valence-electron chi connectivity index (χ0n) is 5.32. The summed E-state index contributed by atoms with van der Waals surface area (Å²) >= 11 is -2.29. The molecule has 0 aromatic heterocycles. The van der Waals surface area contributed by atoms with Crippen molar-refractivity contribution < 1.29 is 18.1 Å². The number of rotatable bonds is 0. The van der Waals surface area contributed by atoms with Crippen LogP contribution < -0.4 is 0 Å². The summed E-state index contributed by atoms with van der Waals surface area (Å²) in [5.74, 6) is 0.580. The van der Waals surface area contributed by atoms with E-state index in [1.807, 2.05) is 6.08 Å². The molecule has 3 fully saturated rings. The topological polar surface area (TPSA) is 44.8 Å². The second-order valence-corrected chi connectivity index (χ2v) is 13.8. The van der Waals surface area contributed by atoms with Crippen molar-refractivity contribution in [1.29, 1.82) is 0 Å². The fourth-order valence-electron chi connectivity index (χ4n) is 1.46. The molecule has 0 N–H and O–H groups in total. The first-order chi connectivity index (χ1) is 5.15. The van der Waals surface area contributed by atoms with Crippen LogP contribution in [0.3, 0.4) is 0 Å². The van der Waals surface area contributed by atoms with Gasteiger partial charge in [0, 0.05) is 0 Å². The van der Waals surface area contributed by atoms with E-state index in [2.05, 4.69) is 0 Å². The molecule has 0 aromatic rings. The molecule has 0 atom stereocenters. The Morgan fingerprint density at radius 2 is 2.45 bits per heavy atom. The minimum atomic E-state index is -3.12. The molecule has 4 heterocycles. The fourth-order valence-corrected chi connectivity index (χ4v) is 13.9. The molecule has 0 saturated carbocycles. The maximum atomic E-state index is 11.1. The summed E-state index contributed by atoms with van der Waals surface area (Å²) in [7, 11) is 2.94. The zero-order chi connectivity index (χ0) is 7.69. The van der Waals surface area contributed by atoms with Crippen molar-refractivity contribution in [2.24, 2.45) is 0 Å². The molecule has 11 heavy (non-hydrogen) atoms. The first-order valence-corrected chi connectivity index (χ1v) is 12.8.